The topological polar surface area (TPSA) is 395 Å². The summed E-state index contributed by atoms with van der Waals surface area (Å²) in [5.74, 6) is 0.741. The number of rotatable bonds is 20. The van der Waals surface area contributed by atoms with E-state index >= 15 is 0 Å². The molecular formula is C105H97N13O16S5. The van der Waals surface area contributed by atoms with Gasteiger partial charge in [0.05, 0.1) is 106 Å². The fraction of sp³-hybridized carbons (Fsp3) is 0.200. The molecule has 29 nitrogen and oxygen atoms in total. The summed E-state index contributed by atoms with van der Waals surface area (Å²) in [7, 11) is -14.5. The smallest absolute Gasteiger partial charge is 0.262 e. The molecule has 0 radical (unpaired) electrons. The van der Waals surface area contributed by atoms with Crippen molar-refractivity contribution in [3.05, 3.63) is 314 Å². The van der Waals surface area contributed by atoms with Crippen molar-refractivity contribution in [2.24, 2.45) is 0 Å². The molecule has 2 fully saturated rings. The maximum Gasteiger partial charge on any atom is 0.262 e. The monoisotopic (exact) mass is 1960 g/mol. The second-order valence-electron chi connectivity index (χ2n) is 34.4. The van der Waals surface area contributed by atoms with Crippen LogP contribution in [0.15, 0.2) is 310 Å². The molecule has 0 aliphatic carbocycles. The molecule has 0 bridgehead atoms. The van der Waals surface area contributed by atoms with E-state index in [-0.39, 0.29) is 41.8 Å². The number of hydrogen-bond donors (Lipinski definition) is 6. The summed E-state index contributed by atoms with van der Waals surface area (Å²) in [5, 5.41) is 13.6. The lowest BCUT2D eigenvalue weighted by molar-refractivity contribution is 0.0371. The molecule has 708 valence electrons. The largest absolute Gasteiger partial charge is 0.488 e. The lowest BCUT2D eigenvalue weighted by Crippen LogP contribution is -2.39. The van der Waals surface area contributed by atoms with Crippen LogP contribution in [0.1, 0.15) is 100 Å². The molecule has 5 aromatic heterocycles. The van der Waals surface area contributed by atoms with Gasteiger partial charge in [0.15, 0.2) is 17.3 Å². The fourth-order valence-corrected chi connectivity index (χ4v) is 24.5. The molecule has 11 aromatic carbocycles. The average molecular weight is 1960 g/mol. The van der Waals surface area contributed by atoms with E-state index in [1.807, 2.05) is 97.9 Å². The first kappa shape index (κ1) is 95.2. The van der Waals surface area contributed by atoms with Gasteiger partial charge in [-0.1, -0.05) is 152 Å². The molecule has 6 aliphatic rings. The molecule has 0 spiro atoms. The Labute approximate surface area is 805 Å². The van der Waals surface area contributed by atoms with Gasteiger partial charge in [0, 0.05) is 145 Å². The predicted octanol–water partition coefficient (Wildman–Crippen LogP) is 18.2. The first-order valence-corrected chi connectivity index (χ1v) is 52.7. The van der Waals surface area contributed by atoms with Crippen molar-refractivity contribution in [1.29, 1.82) is 0 Å². The number of nitrogens with one attached hydrogen (secondary N) is 5. The molecule has 139 heavy (non-hydrogen) atoms. The van der Waals surface area contributed by atoms with Crippen LogP contribution >= 0.6 is 0 Å². The maximum atomic E-state index is 13.2. The minimum absolute atomic E-state index is 0.0152. The number of anilines is 5. The van der Waals surface area contributed by atoms with E-state index < -0.39 is 56.2 Å². The number of hydrogen-bond acceptors (Lipinski definition) is 24. The van der Waals surface area contributed by atoms with Crippen LogP contribution in [-0.4, -0.2) is 177 Å². The highest BCUT2D eigenvalue weighted by molar-refractivity contribution is 7.94. The number of aromatic nitrogens is 5. The zero-order valence-electron chi connectivity index (χ0n) is 75.9. The Kier molecular flexibility index (Phi) is 27.7. The molecule has 0 saturated carbocycles. The van der Waals surface area contributed by atoms with Gasteiger partial charge in [-0.15, -0.1) is 0 Å². The number of piperidine rings is 1. The number of morpholine rings is 1. The number of sulfonamides is 5. The van der Waals surface area contributed by atoms with E-state index in [0.717, 1.165) is 79.6 Å². The van der Waals surface area contributed by atoms with Crippen molar-refractivity contribution in [2.75, 3.05) is 96.7 Å². The number of benzene rings is 11. The molecular weight excluding hydrogens is 1860 g/mol. The van der Waals surface area contributed by atoms with Crippen molar-refractivity contribution in [3.8, 4) is 50.3 Å². The molecule has 22 rings (SSSR count). The standard InChI is InChI=1S/C24H25N3O3S.C22H18N2O3S.C21H19N3O4S.C21H21N3O3S.C17H14N2O3S/c28-21(10-7-15-27-13-4-1-5-14-27)19-16-20-17-8-2-3-11-22(17)31(29,30)26-24(20)23-18(19)9-6-12-25-23;25-28(26,18-10-5-2-6-11-18)24-20-13-14-21(19-12-7-15-23-22(19)20)27-16-17-8-3-1-4-9-17;25-18(13-24-8-10-28-11-9-24)16-12-17-14-4-1-2-6-19(14)29(26,27)23-21(17)20-15(16)5-3-7-22-20;1-24(2)12-6-9-18(25)16-13-17-14-7-3-4-10-19(14)28(26,27)23-21(17)20-15(16)8-5-11-22-20;1-10(20)13-9-14-11-5-2-3-7-15(11)23(21,22)19-17(14)16-12(13)6-4-8-18-16/h2-3,6,8-9,11-12,16,26H,1,4-5,7,10,13-15H2;1-15,24H,16H2;1-7,12,23H,8-11,13H2;3-5,7-8,10-11,13,23H,6,9,12H2,1-2H3;2-10,19-20H,1H3. The van der Waals surface area contributed by atoms with Gasteiger partial charge < -0.3 is 24.4 Å². The van der Waals surface area contributed by atoms with Gasteiger partial charge in [-0.25, -0.2) is 42.1 Å². The second kappa shape index (κ2) is 40.5. The van der Waals surface area contributed by atoms with E-state index in [2.05, 4.69) is 58.3 Å². The van der Waals surface area contributed by atoms with Crippen LogP contribution in [0.4, 0.5) is 28.4 Å². The highest BCUT2D eigenvalue weighted by Gasteiger charge is 2.37. The molecule has 6 N–H and O–H groups in total. The molecule has 11 heterocycles. The number of fused-ring (bicyclic) bond motifs is 21. The molecule has 34 heteroatoms. The molecule has 6 aliphatic heterocycles. The van der Waals surface area contributed by atoms with Crippen LogP contribution in [-0.2, 0) is 61.5 Å². The number of ketones is 3. The second-order valence-corrected chi connectivity index (χ2v) is 42.7. The highest BCUT2D eigenvalue weighted by Crippen LogP contribution is 2.50. The lowest BCUT2D eigenvalue weighted by Gasteiger charge is -2.27. The Hall–Kier alpha value is -14.2. The Bertz CT molecular complexity index is 8120. The zero-order chi connectivity index (χ0) is 96.9. The summed E-state index contributed by atoms with van der Waals surface area (Å²) in [5.41, 5.74) is 13.4. The molecule has 1 atom stereocenters. The van der Waals surface area contributed by atoms with Gasteiger partial charge in [-0.3, -0.25) is 67.8 Å². The minimum atomic E-state index is -3.70. The SMILES string of the molecule is CC(O)c1cc2c(c3ncccc13)NS(=O)(=O)c1ccccc1-2.CN(C)CCCC(=O)c1cc2c(c3ncccc13)NS(=O)(=O)c1ccccc1-2.O=C(CCCN1CCCCC1)c1cc2c(c3ncccc13)NS(=O)(=O)c1ccccc1-2.O=C(CN1CCOCC1)c1cc2c(c3ncccc13)NS(=O)(=O)c1ccccc1-2.O=S(=O)(Nc1ccc(OCc2ccccc2)c2cccnc12)c1ccccc1. The zero-order valence-corrected chi connectivity index (χ0v) is 80.0. The first-order chi connectivity index (χ1) is 67.1. The first-order valence-electron chi connectivity index (χ1n) is 45.3. The molecule has 16 aromatic rings. The van der Waals surface area contributed by atoms with Crippen molar-refractivity contribution >= 4 is 150 Å². The van der Waals surface area contributed by atoms with E-state index in [4.69, 9.17) is 9.47 Å². The average Bonchev–Trinajstić information content (AvgIpc) is 0.742. The van der Waals surface area contributed by atoms with E-state index in [0.29, 0.717) is 173 Å². The van der Waals surface area contributed by atoms with E-state index in [1.165, 1.54) is 19.3 Å². The number of Topliss-reactive ketones (excluding diaryl/α,β-unsaturated/α-hetero) is 3. The number of likely N-dealkylation sites (tertiary alicyclic amines) is 1. The number of aliphatic hydroxyl groups is 1. The van der Waals surface area contributed by atoms with Crippen LogP contribution < -0.4 is 28.3 Å². The molecule has 2 saturated heterocycles. The maximum absolute atomic E-state index is 13.2. The normalized spacial score (nSPS) is 15.5. The van der Waals surface area contributed by atoms with Gasteiger partial charge in [0.2, 0.25) is 0 Å². The number of nitrogens with zero attached hydrogens (tertiary/aromatic N) is 8. The Balaban J connectivity index is 0.000000116. The van der Waals surface area contributed by atoms with E-state index in [9.17, 15) is 61.6 Å². The van der Waals surface area contributed by atoms with Crippen LogP contribution in [0.25, 0.3) is 99.0 Å². The summed E-state index contributed by atoms with van der Waals surface area (Å²) in [6.45, 7) is 9.08. The summed E-state index contributed by atoms with van der Waals surface area (Å²) in [4.78, 5) is 69.0. The Morgan fingerprint density at radius 1 is 0.424 bits per heavy atom. The number of ether oxygens (including phenoxy) is 2. The lowest BCUT2D eigenvalue weighted by atomic mass is 9.93. The van der Waals surface area contributed by atoms with Crippen molar-refractivity contribution in [3.63, 3.8) is 0 Å². The quantitative estimate of drug-likeness (QED) is 0.0386. The third-order valence-corrected chi connectivity index (χ3v) is 31.9. The molecule has 1 unspecified atom stereocenters. The summed E-state index contributed by atoms with van der Waals surface area (Å²) < 4.78 is 151. The van der Waals surface area contributed by atoms with Crippen LogP contribution in [0.3, 0.4) is 0 Å². The van der Waals surface area contributed by atoms with Crippen LogP contribution in [0, 0.1) is 0 Å². The summed E-state index contributed by atoms with van der Waals surface area (Å²) in [6.07, 6.45) is 13.7. The van der Waals surface area contributed by atoms with E-state index in [1.54, 1.807) is 214 Å². The van der Waals surface area contributed by atoms with Crippen LogP contribution in [0.2, 0.25) is 0 Å². The van der Waals surface area contributed by atoms with Crippen molar-refractivity contribution < 1.29 is 71.1 Å². The number of carbonyl (C=O) groups is 3. The Morgan fingerprint density at radius 3 is 1.24 bits per heavy atom. The van der Waals surface area contributed by atoms with Crippen LogP contribution in [0.5, 0.6) is 5.75 Å². The van der Waals surface area contributed by atoms with Gasteiger partial charge in [0.1, 0.15) is 12.4 Å². The number of aliphatic hydroxyl groups excluding tert-OH is 1. The molecule has 0 amide bonds. The number of carbonyl (C=O) groups excluding carboxylic acids is 3. The summed E-state index contributed by atoms with van der Waals surface area (Å²) in [6, 6.07) is 74.2. The predicted molar refractivity (Wildman–Crippen MR) is 540 cm³/mol. The van der Waals surface area contributed by atoms with Crippen molar-refractivity contribution in [2.45, 2.75) is 89.1 Å². The highest BCUT2D eigenvalue weighted by atomic mass is 32.2. The third-order valence-electron chi connectivity index (χ3n) is 24.8. The fourth-order valence-electron chi connectivity index (χ4n) is 18.2. The number of pyridine rings is 5. The van der Waals surface area contributed by atoms with Gasteiger partial charge in [-0.2, -0.15) is 0 Å². The van der Waals surface area contributed by atoms with Gasteiger partial charge >= 0.3 is 0 Å². The van der Waals surface area contributed by atoms with Gasteiger partial charge in [-0.05, 0) is 193 Å². The van der Waals surface area contributed by atoms with Crippen molar-refractivity contribution in [1.82, 2.24) is 39.6 Å². The minimum Gasteiger partial charge on any atom is -0.488 e. The summed E-state index contributed by atoms with van der Waals surface area (Å²) >= 11 is 0. The third kappa shape index (κ3) is 20.2. The Morgan fingerprint density at radius 2 is 0.806 bits per heavy atom. The van der Waals surface area contributed by atoms with Gasteiger partial charge in [0.25, 0.3) is 50.1 Å².